The van der Waals surface area contributed by atoms with Crippen molar-refractivity contribution in [1.82, 2.24) is 29.5 Å². The molecule has 0 unspecified atom stereocenters. The molecule has 184 valence electrons. The summed E-state index contributed by atoms with van der Waals surface area (Å²) in [5, 5.41) is 11.9. The predicted molar refractivity (Wildman–Crippen MR) is 133 cm³/mol. The van der Waals surface area contributed by atoms with Gasteiger partial charge in [-0.25, -0.2) is 14.8 Å². The summed E-state index contributed by atoms with van der Waals surface area (Å²) in [7, 11) is 1.41. The van der Waals surface area contributed by atoms with E-state index >= 15 is 0 Å². The van der Waals surface area contributed by atoms with E-state index in [9.17, 15) is 4.79 Å². The van der Waals surface area contributed by atoms with Crippen molar-refractivity contribution in [1.29, 1.82) is 0 Å². The fourth-order valence-corrected chi connectivity index (χ4v) is 4.77. The van der Waals surface area contributed by atoms with Crippen LogP contribution in [0.5, 0.6) is 5.75 Å². The third kappa shape index (κ3) is 4.02. The van der Waals surface area contributed by atoms with Gasteiger partial charge in [-0.3, -0.25) is 4.40 Å². The van der Waals surface area contributed by atoms with Crippen LogP contribution in [0, 0.1) is 0 Å². The van der Waals surface area contributed by atoms with Crippen LogP contribution in [0.15, 0.2) is 49.1 Å². The van der Waals surface area contributed by atoms with E-state index in [4.69, 9.17) is 9.47 Å². The van der Waals surface area contributed by atoms with Crippen LogP contribution in [0.1, 0.15) is 11.1 Å². The first-order valence-electron chi connectivity index (χ1n) is 11.9. The van der Waals surface area contributed by atoms with Gasteiger partial charge in [-0.1, -0.05) is 12.1 Å². The van der Waals surface area contributed by atoms with E-state index in [0.717, 1.165) is 35.7 Å². The molecule has 11 heteroatoms. The van der Waals surface area contributed by atoms with E-state index in [2.05, 4.69) is 36.4 Å². The number of amides is 1. The van der Waals surface area contributed by atoms with Gasteiger partial charge >= 0.3 is 6.09 Å². The van der Waals surface area contributed by atoms with Gasteiger partial charge in [-0.2, -0.15) is 0 Å². The minimum Gasteiger partial charge on any atom is -0.493 e. The maximum atomic E-state index is 11.7. The predicted octanol–water partition coefficient (Wildman–Crippen LogP) is 2.62. The molecule has 0 saturated carbocycles. The first-order valence-corrected chi connectivity index (χ1v) is 11.9. The van der Waals surface area contributed by atoms with Crippen molar-refractivity contribution in [3.05, 3.63) is 60.2 Å². The quantitative estimate of drug-likeness (QED) is 0.455. The number of hydrogen-bond acceptors (Lipinski definition) is 9. The fourth-order valence-electron chi connectivity index (χ4n) is 4.77. The topological polar surface area (TPSA) is 110 Å². The number of pyridine rings is 1. The number of nitrogens with zero attached hydrogens (tertiary/aromatic N) is 7. The lowest BCUT2D eigenvalue weighted by molar-refractivity contribution is 0.121. The molecule has 0 radical (unpaired) electrons. The van der Waals surface area contributed by atoms with E-state index in [0.29, 0.717) is 44.3 Å². The van der Waals surface area contributed by atoms with Crippen LogP contribution in [0.2, 0.25) is 0 Å². The molecule has 1 fully saturated rings. The van der Waals surface area contributed by atoms with Gasteiger partial charge in [0.05, 0.1) is 13.7 Å². The standard InChI is InChI=1S/C25H26N8O3/c1-35-25(34)32-10-8-31(9-11-32)22-6-5-18(13-26-22)20-15-28-24(33-16-29-30-23(20)33)27-14-17-3-2-4-21-19(17)7-12-36-21/h2-6,13,15-16H,7-12,14H2,1H3,(H,27,28). The van der Waals surface area contributed by atoms with E-state index in [1.165, 1.54) is 18.2 Å². The number of ether oxygens (including phenoxy) is 2. The number of anilines is 2. The number of piperazine rings is 1. The number of benzene rings is 1. The molecule has 0 aliphatic carbocycles. The van der Waals surface area contributed by atoms with E-state index < -0.39 is 0 Å². The zero-order chi connectivity index (χ0) is 24.5. The van der Waals surface area contributed by atoms with Crippen LogP contribution >= 0.6 is 0 Å². The summed E-state index contributed by atoms with van der Waals surface area (Å²) in [6.07, 6.45) is 5.92. The molecule has 1 N–H and O–H groups in total. The Balaban J connectivity index is 1.18. The zero-order valence-electron chi connectivity index (χ0n) is 19.9. The van der Waals surface area contributed by atoms with Crippen LogP contribution in [-0.4, -0.2) is 75.5 Å². The minimum absolute atomic E-state index is 0.289. The fraction of sp³-hybridized carbons (Fsp3) is 0.320. The largest absolute Gasteiger partial charge is 0.493 e. The minimum atomic E-state index is -0.289. The molecular weight excluding hydrogens is 460 g/mol. The third-order valence-corrected chi connectivity index (χ3v) is 6.70. The Morgan fingerprint density at radius 1 is 1.11 bits per heavy atom. The second kappa shape index (κ2) is 9.33. The number of rotatable bonds is 5. The van der Waals surface area contributed by atoms with Gasteiger partial charge in [0.1, 0.15) is 17.9 Å². The van der Waals surface area contributed by atoms with Gasteiger partial charge in [0.25, 0.3) is 0 Å². The van der Waals surface area contributed by atoms with Gasteiger partial charge in [-0.15, -0.1) is 10.2 Å². The highest BCUT2D eigenvalue weighted by Gasteiger charge is 2.22. The van der Waals surface area contributed by atoms with E-state index in [-0.39, 0.29) is 6.09 Å². The molecule has 11 nitrogen and oxygen atoms in total. The van der Waals surface area contributed by atoms with Crippen molar-refractivity contribution < 1.29 is 14.3 Å². The summed E-state index contributed by atoms with van der Waals surface area (Å²) in [5.41, 5.74) is 4.91. The summed E-state index contributed by atoms with van der Waals surface area (Å²) >= 11 is 0. The van der Waals surface area contributed by atoms with Gasteiger partial charge < -0.3 is 24.6 Å². The lowest BCUT2D eigenvalue weighted by Gasteiger charge is -2.34. The molecule has 1 aromatic carbocycles. The monoisotopic (exact) mass is 486 g/mol. The summed E-state index contributed by atoms with van der Waals surface area (Å²) in [6.45, 7) is 3.97. The Kier molecular flexibility index (Phi) is 5.72. The van der Waals surface area contributed by atoms with Crippen molar-refractivity contribution in [2.75, 3.05) is 50.1 Å². The number of fused-ring (bicyclic) bond motifs is 2. The molecule has 36 heavy (non-hydrogen) atoms. The highest BCUT2D eigenvalue weighted by molar-refractivity contribution is 5.77. The molecule has 6 rings (SSSR count). The smallest absolute Gasteiger partial charge is 0.409 e. The molecule has 0 spiro atoms. The average Bonchev–Trinajstić information content (AvgIpc) is 3.62. The molecule has 0 atom stereocenters. The molecule has 0 bridgehead atoms. The average molecular weight is 487 g/mol. The molecule has 2 aliphatic heterocycles. The number of nitrogens with one attached hydrogen (secondary N) is 1. The van der Waals surface area contributed by atoms with Crippen LogP contribution in [0.4, 0.5) is 16.6 Å². The SMILES string of the molecule is COC(=O)N1CCN(c2ccc(-c3cnc(NCc4cccc5c4CCO5)n4cnnc34)cn2)CC1. The molecule has 4 aromatic rings. The van der Waals surface area contributed by atoms with Crippen molar-refractivity contribution in [2.45, 2.75) is 13.0 Å². The second-order valence-corrected chi connectivity index (χ2v) is 8.72. The Bertz CT molecular complexity index is 1400. The highest BCUT2D eigenvalue weighted by Crippen LogP contribution is 2.29. The number of carbonyl (C=O) groups excluding carboxylic acids is 1. The molecular formula is C25H26N8O3. The number of hydrogen-bond donors (Lipinski definition) is 1. The molecule has 1 saturated heterocycles. The normalized spacial score (nSPS) is 15.0. The van der Waals surface area contributed by atoms with Gasteiger partial charge in [0, 0.05) is 68.2 Å². The highest BCUT2D eigenvalue weighted by atomic mass is 16.5. The Labute approximate surface area is 207 Å². The number of methoxy groups -OCH3 is 1. The van der Waals surface area contributed by atoms with E-state index in [1.807, 2.05) is 34.9 Å². The Morgan fingerprint density at radius 3 is 2.81 bits per heavy atom. The Morgan fingerprint density at radius 2 is 2.00 bits per heavy atom. The molecule has 3 aromatic heterocycles. The zero-order valence-corrected chi connectivity index (χ0v) is 19.9. The third-order valence-electron chi connectivity index (χ3n) is 6.70. The van der Waals surface area contributed by atoms with E-state index in [1.54, 1.807) is 17.4 Å². The summed E-state index contributed by atoms with van der Waals surface area (Å²) in [6, 6.07) is 10.1. The van der Waals surface area contributed by atoms with Crippen molar-refractivity contribution in [3.63, 3.8) is 0 Å². The lowest BCUT2D eigenvalue weighted by Crippen LogP contribution is -2.49. The number of carbonyl (C=O) groups is 1. The van der Waals surface area contributed by atoms with Crippen molar-refractivity contribution in [2.24, 2.45) is 0 Å². The van der Waals surface area contributed by atoms with Crippen LogP contribution in [0.3, 0.4) is 0 Å². The van der Waals surface area contributed by atoms with Gasteiger partial charge in [-0.05, 0) is 23.8 Å². The maximum absolute atomic E-state index is 11.7. The second-order valence-electron chi connectivity index (χ2n) is 8.72. The van der Waals surface area contributed by atoms with Gasteiger partial charge in [0.2, 0.25) is 5.95 Å². The molecule has 2 aliphatic rings. The molecule has 1 amide bonds. The van der Waals surface area contributed by atoms with Crippen molar-refractivity contribution >= 4 is 23.5 Å². The number of aromatic nitrogens is 5. The maximum Gasteiger partial charge on any atom is 0.409 e. The van der Waals surface area contributed by atoms with Gasteiger partial charge in [0.15, 0.2) is 5.65 Å². The van der Waals surface area contributed by atoms with Crippen molar-refractivity contribution in [3.8, 4) is 16.9 Å². The first-order chi connectivity index (χ1) is 17.7. The summed E-state index contributed by atoms with van der Waals surface area (Å²) in [5.74, 6) is 2.50. The van der Waals surface area contributed by atoms with Crippen LogP contribution < -0.4 is 15.0 Å². The molecule has 5 heterocycles. The van der Waals surface area contributed by atoms with Crippen LogP contribution in [-0.2, 0) is 17.7 Å². The first kappa shape index (κ1) is 22.1. The summed E-state index contributed by atoms with van der Waals surface area (Å²) < 4.78 is 12.3. The summed E-state index contributed by atoms with van der Waals surface area (Å²) in [4.78, 5) is 24.9. The lowest BCUT2D eigenvalue weighted by atomic mass is 10.1. The van der Waals surface area contributed by atoms with Crippen LogP contribution in [0.25, 0.3) is 16.8 Å². The Hall–Kier alpha value is -4.41.